The quantitative estimate of drug-likeness (QED) is 0.909. The Bertz CT molecular complexity index is 609. The van der Waals surface area contributed by atoms with Gasteiger partial charge in [-0.1, -0.05) is 18.0 Å². The molecule has 2 unspecified atom stereocenters. The van der Waals surface area contributed by atoms with Crippen LogP contribution in [0, 0.1) is 6.92 Å². The largest absolute Gasteiger partial charge is 0.338 e. The van der Waals surface area contributed by atoms with Gasteiger partial charge >= 0.3 is 0 Å². The van der Waals surface area contributed by atoms with Gasteiger partial charge < -0.3 is 10.3 Å². The number of hydrogen-bond donors (Lipinski definition) is 1. The zero-order chi connectivity index (χ0) is 14.2. The first-order valence-electron chi connectivity index (χ1n) is 7.12. The summed E-state index contributed by atoms with van der Waals surface area (Å²) in [6.45, 7) is 4.14. The zero-order valence-corrected chi connectivity index (χ0v) is 12.0. The van der Waals surface area contributed by atoms with Crippen LogP contribution in [0.1, 0.15) is 44.1 Å². The predicted octanol–water partition coefficient (Wildman–Crippen LogP) is 2.60. The topological polar surface area (TPSA) is 77.8 Å². The van der Waals surface area contributed by atoms with E-state index < -0.39 is 0 Å². The van der Waals surface area contributed by atoms with E-state index in [4.69, 9.17) is 10.3 Å². The maximum atomic E-state index is 6.28. The van der Waals surface area contributed by atoms with E-state index in [1.54, 1.807) is 12.4 Å². The summed E-state index contributed by atoms with van der Waals surface area (Å²) in [5.41, 5.74) is 8.08. The molecule has 1 saturated carbocycles. The maximum absolute atomic E-state index is 6.28. The molecule has 20 heavy (non-hydrogen) atoms. The van der Waals surface area contributed by atoms with Crippen LogP contribution in [0.4, 0.5) is 0 Å². The lowest BCUT2D eigenvalue weighted by Gasteiger charge is -2.35. The molecule has 2 N–H and O–H groups in total. The zero-order valence-electron chi connectivity index (χ0n) is 12.0. The third-order valence-electron chi connectivity index (χ3n) is 4.47. The first-order chi connectivity index (χ1) is 9.61. The van der Waals surface area contributed by atoms with Crippen LogP contribution in [0.15, 0.2) is 23.0 Å². The maximum Gasteiger partial charge on any atom is 0.234 e. The molecule has 0 aromatic carbocycles. The van der Waals surface area contributed by atoms with Crippen molar-refractivity contribution >= 4 is 0 Å². The van der Waals surface area contributed by atoms with Crippen molar-refractivity contribution in [1.82, 2.24) is 15.1 Å². The van der Waals surface area contributed by atoms with Gasteiger partial charge in [0.1, 0.15) is 0 Å². The number of hydrogen-bond acceptors (Lipinski definition) is 5. The molecule has 0 bridgehead atoms. The van der Waals surface area contributed by atoms with Gasteiger partial charge in [0.15, 0.2) is 0 Å². The van der Waals surface area contributed by atoms with Crippen LogP contribution in [0.25, 0.3) is 11.4 Å². The van der Waals surface area contributed by atoms with Crippen LogP contribution in [0.5, 0.6) is 0 Å². The van der Waals surface area contributed by atoms with E-state index >= 15 is 0 Å². The van der Waals surface area contributed by atoms with E-state index in [9.17, 15) is 0 Å². The average Bonchev–Trinajstić information content (AvgIpc) is 2.93. The SMILES string of the molecule is Cc1ccncc1-c1noc(C2(C)CCCCC2N)n1. The molecular weight excluding hydrogens is 252 g/mol. The number of aryl methyl sites for hydroxylation is 1. The van der Waals surface area contributed by atoms with Crippen LogP contribution in [-0.4, -0.2) is 21.2 Å². The summed E-state index contributed by atoms with van der Waals surface area (Å²) in [4.78, 5) is 8.72. The lowest BCUT2D eigenvalue weighted by molar-refractivity contribution is 0.203. The Hall–Kier alpha value is -1.75. The fourth-order valence-electron chi connectivity index (χ4n) is 2.89. The number of pyridine rings is 1. The lowest BCUT2D eigenvalue weighted by atomic mass is 9.72. The normalized spacial score (nSPS) is 26.6. The fourth-order valence-corrected chi connectivity index (χ4v) is 2.89. The highest BCUT2D eigenvalue weighted by Crippen LogP contribution is 2.38. The summed E-state index contributed by atoms with van der Waals surface area (Å²) < 4.78 is 5.52. The van der Waals surface area contributed by atoms with Crippen molar-refractivity contribution in [3.8, 4) is 11.4 Å². The van der Waals surface area contributed by atoms with Gasteiger partial charge in [0.2, 0.25) is 11.7 Å². The van der Waals surface area contributed by atoms with Gasteiger partial charge in [0, 0.05) is 24.0 Å². The summed E-state index contributed by atoms with van der Waals surface area (Å²) >= 11 is 0. The molecule has 3 rings (SSSR count). The van der Waals surface area contributed by atoms with Crippen LogP contribution in [0.3, 0.4) is 0 Å². The van der Waals surface area contributed by atoms with Crippen molar-refractivity contribution in [2.24, 2.45) is 5.73 Å². The van der Waals surface area contributed by atoms with E-state index in [1.807, 2.05) is 13.0 Å². The van der Waals surface area contributed by atoms with E-state index in [-0.39, 0.29) is 11.5 Å². The van der Waals surface area contributed by atoms with Crippen molar-refractivity contribution in [2.75, 3.05) is 0 Å². The van der Waals surface area contributed by atoms with Gasteiger partial charge in [-0.2, -0.15) is 4.98 Å². The molecule has 1 fully saturated rings. The molecule has 1 aliphatic carbocycles. The summed E-state index contributed by atoms with van der Waals surface area (Å²) in [7, 11) is 0. The molecule has 0 saturated heterocycles. The van der Waals surface area contributed by atoms with Crippen molar-refractivity contribution in [3.05, 3.63) is 29.9 Å². The molecule has 5 heteroatoms. The van der Waals surface area contributed by atoms with E-state index in [0.29, 0.717) is 11.7 Å². The summed E-state index contributed by atoms with van der Waals surface area (Å²) in [5.74, 6) is 1.26. The smallest absolute Gasteiger partial charge is 0.234 e. The molecule has 106 valence electrons. The number of rotatable bonds is 2. The third kappa shape index (κ3) is 2.12. The third-order valence-corrected chi connectivity index (χ3v) is 4.47. The van der Waals surface area contributed by atoms with Gasteiger partial charge in [-0.15, -0.1) is 0 Å². The Balaban J connectivity index is 1.96. The molecule has 0 spiro atoms. The van der Waals surface area contributed by atoms with E-state index in [2.05, 4.69) is 22.0 Å². The minimum Gasteiger partial charge on any atom is -0.338 e. The first-order valence-corrected chi connectivity index (χ1v) is 7.12. The highest BCUT2D eigenvalue weighted by atomic mass is 16.5. The molecule has 0 amide bonds. The summed E-state index contributed by atoms with van der Waals surface area (Å²) in [6.07, 6.45) is 7.89. The second kappa shape index (κ2) is 4.98. The van der Waals surface area contributed by atoms with Crippen molar-refractivity contribution < 1.29 is 4.52 Å². The minimum absolute atomic E-state index is 0.0829. The number of nitrogens with two attached hydrogens (primary N) is 1. The number of aromatic nitrogens is 3. The monoisotopic (exact) mass is 272 g/mol. The van der Waals surface area contributed by atoms with Crippen LogP contribution in [-0.2, 0) is 5.41 Å². The van der Waals surface area contributed by atoms with Crippen molar-refractivity contribution in [3.63, 3.8) is 0 Å². The van der Waals surface area contributed by atoms with Gasteiger partial charge in [0.05, 0.1) is 5.41 Å². The van der Waals surface area contributed by atoms with Gasteiger partial charge in [0.25, 0.3) is 0 Å². The lowest BCUT2D eigenvalue weighted by Crippen LogP contribution is -2.45. The highest BCUT2D eigenvalue weighted by Gasteiger charge is 2.40. The second-order valence-electron chi connectivity index (χ2n) is 5.88. The highest BCUT2D eigenvalue weighted by molar-refractivity contribution is 5.57. The Morgan fingerprint density at radius 3 is 3.00 bits per heavy atom. The van der Waals surface area contributed by atoms with Gasteiger partial charge in [-0.3, -0.25) is 4.98 Å². The minimum atomic E-state index is -0.209. The molecular formula is C15H20N4O. The molecule has 2 aromatic rings. The molecule has 0 radical (unpaired) electrons. The summed E-state index contributed by atoms with van der Waals surface area (Å²) in [5, 5.41) is 4.12. The Morgan fingerprint density at radius 1 is 1.40 bits per heavy atom. The van der Waals surface area contributed by atoms with Crippen molar-refractivity contribution in [2.45, 2.75) is 51.0 Å². The molecule has 0 aliphatic heterocycles. The van der Waals surface area contributed by atoms with Crippen LogP contribution in [0.2, 0.25) is 0 Å². The van der Waals surface area contributed by atoms with Gasteiger partial charge in [-0.05, 0) is 38.3 Å². The Labute approximate surface area is 118 Å². The van der Waals surface area contributed by atoms with E-state index in [0.717, 1.165) is 30.4 Å². The standard InChI is InChI=1S/C15H20N4O/c1-10-6-8-17-9-11(10)13-18-14(20-19-13)15(2)7-4-3-5-12(15)16/h6,8-9,12H,3-5,7,16H2,1-2H3. The predicted molar refractivity (Wildman–Crippen MR) is 76.1 cm³/mol. The second-order valence-corrected chi connectivity index (χ2v) is 5.88. The molecule has 2 aromatic heterocycles. The van der Waals surface area contributed by atoms with Gasteiger partial charge in [-0.25, -0.2) is 0 Å². The molecule has 1 aliphatic rings. The average molecular weight is 272 g/mol. The Morgan fingerprint density at radius 2 is 2.25 bits per heavy atom. The van der Waals surface area contributed by atoms with E-state index in [1.165, 1.54) is 6.42 Å². The fraction of sp³-hybridized carbons (Fsp3) is 0.533. The first kappa shape index (κ1) is 13.2. The number of nitrogens with zero attached hydrogens (tertiary/aromatic N) is 3. The summed E-state index contributed by atoms with van der Waals surface area (Å²) in [6, 6.07) is 2.03. The molecule has 2 heterocycles. The van der Waals surface area contributed by atoms with Crippen LogP contribution >= 0.6 is 0 Å². The Kier molecular flexibility index (Phi) is 3.30. The molecule has 2 atom stereocenters. The van der Waals surface area contributed by atoms with Crippen LogP contribution < -0.4 is 5.73 Å². The molecule has 5 nitrogen and oxygen atoms in total. The van der Waals surface area contributed by atoms with Crippen molar-refractivity contribution in [1.29, 1.82) is 0 Å².